The second-order valence-electron chi connectivity index (χ2n) is 3.20. The highest BCUT2D eigenvalue weighted by molar-refractivity contribution is 5.80. The van der Waals surface area contributed by atoms with Gasteiger partial charge in [0.15, 0.2) is 0 Å². The number of hydrogen-bond acceptors (Lipinski definition) is 4. The van der Waals surface area contributed by atoms with E-state index in [1.165, 1.54) is 12.1 Å². The molecule has 1 aromatic carbocycles. The van der Waals surface area contributed by atoms with Crippen molar-refractivity contribution >= 4 is 11.6 Å². The number of nitriles is 1. The molecule has 0 bridgehead atoms. The van der Waals surface area contributed by atoms with Gasteiger partial charge >= 0.3 is 0 Å². The first-order valence-electron chi connectivity index (χ1n) is 4.53. The van der Waals surface area contributed by atoms with Crippen LogP contribution < -0.4 is 16.8 Å². The molecule has 0 saturated carbocycles. The summed E-state index contributed by atoms with van der Waals surface area (Å²) in [6, 6.07) is 4.89. The van der Waals surface area contributed by atoms with Gasteiger partial charge in [-0.2, -0.15) is 5.26 Å². The van der Waals surface area contributed by atoms with E-state index in [9.17, 15) is 9.18 Å². The third-order valence-corrected chi connectivity index (χ3v) is 1.98. The van der Waals surface area contributed by atoms with Crippen molar-refractivity contribution < 1.29 is 9.18 Å². The minimum atomic E-state index is -0.880. The van der Waals surface area contributed by atoms with Crippen LogP contribution in [0.3, 0.4) is 0 Å². The van der Waals surface area contributed by atoms with Gasteiger partial charge in [0.05, 0.1) is 17.3 Å². The molecule has 0 aliphatic heterocycles. The summed E-state index contributed by atoms with van der Waals surface area (Å²) in [5, 5.41) is 11.2. The van der Waals surface area contributed by atoms with Crippen LogP contribution in [0.2, 0.25) is 0 Å². The molecule has 5 nitrogen and oxygen atoms in total. The van der Waals surface area contributed by atoms with Gasteiger partial charge in [-0.05, 0) is 18.2 Å². The molecule has 0 aromatic heterocycles. The van der Waals surface area contributed by atoms with Crippen molar-refractivity contribution in [2.24, 2.45) is 11.5 Å². The van der Waals surface area contributed by atoms with Crippen LogP contribution >= 0.6 is 0 Å². The summed E-state index contributed by atoms with van der Waals surface area (Å²) in [6.45, 7) is 0.0398. The maximum Gasteiger partial charge on any atom is 0.236 e. The Morgan fingerprint density at radius 3 is 2.81 bits per heavy atom. The molecule has 1 aromatic rings. The quantitative estimate of drug-likeness (QED) is 0.662. The van der Waals surface area contributed by atoms with E-state index in [0.29, 0.717) is 0 Å². The lowest BCUT2D eigenvalue weighted by Gasteiger charge is -2.10. The van der Waals surface area contributed by atoms with Gasteiger partial charge in [-0.15, -0.1) is 0 Å². The Morgan fingerprint density at radius 1 is 1.62 bits per heavy atom. The Labute approximate surface area is 91.8 Å². The van der Waals surface area contributed by atoms with Crippen molar-refractivity contribution in [1.82, 2.24) is 0 Å². The van der Waals surface area contributed by atoms with E-state index in [2.05, 4.69) is 5.32 Å². The molecule has 0 saturated heterocycles. The van der Waals surface area contributed by atoms with Crippen molar-refractivity contribution in [1.29, 1.82) is 5.26 Å². The van der Waals surface area contributed by atoms with Crippen molar-refractivity contribution in [3.05, 3.63) is 29.6 Å². The SMILES string of the molecule is N#Cc1ccc(NCC(N)C(N)=O)c(F)c1. The van der Waals surface area contributed by atoms with Gasteiger partial charge in [0.1, 0.15) is 11.9 Å². The summed E-state index contributed by atoms with van der Waals surface area (Å²) < 4.78 is 13.3. The lowest BCUT2D eigenvalue weighted by molar-refractivity contribution is -0.118. The van der Waals surface area contributed by atoms with Gasteiger partial charge in [-0.3, -0.25) is 4.79 Å². The maximum absolute atomic E-state index is 13.3. The van der Waals surface area contributed by atoms with E-state index < -0.39 is 17.8 Å². The highest BCUT2D eigenvalue weighted by atomic mass is 19.1. The largest absolute Gasteiger partial charge is 0.381 e. The number of halogens is 1. The molecule has 0 fully saturated rings. The normalized spacial score (nSPS) is 11.6. The zero-order valence-electron chi connectivity index (χ0n) is 8.40. The number of nitrogens with one attached hydrogen (secondary N) is 1. The van der Waals surface area contributed by atoms with Gasteiger partial charge in [0.2, 0.25) is 5.91 Å². The molecule has 1 atom stereocenters. The molecule has 0 aliphatic carbocycles. The predicted molar refractivity (Wildman–Crippen MR) is 56.8 cm³/mol. The minimum absolute atomic E-state index is 0.0398. The zero-order chi connectivity index (χ0) is 12.1. The number of carbonyl (C=O) groups excluding carboxylic acids is 1. The smallest absolute Gasteiger partial charge is 0.236 e. The Kier molecular flexibility index (Phi) is 3.80. The minimum Gasteiger partial charge on any atom is -0.381 e. The monoisotopic (exact) mass is 222 g/mol. The molecule has 5 N–H and O–H groups in total. The van der Waals surface area contributed by atoms with Crippen LogP contribution in [0.15, 0.2) is 18.2 Å². The Bertz CT molecular complexity index is 441. The standard InChI is InChI=1S/C10H11FN4O/c11-7-3-6(4-12)1-2-9(7)15-5-8(13)10(14)16/h1-3,8,15H,5,13H2,(H2,14,16). The first-order valence-corrected chi connectivity index (χ1v) is 4.53. The Morgan fingerprint density at radius 2 is 2.31 bits per heavy atom. The molecular formula is C10H11FN4O. The summed E-state index contributed by atoms with van der Waals surface area (Å²) >= 11 is 0. The number of rotatable bonds is 4. The topological polar surface area (TPSA) is 105 Å². The average Bonchev–Trinajstić information content (AvgIpc) is 2.26. The third kappa shape index (κ3) is 2.93. The number of amides is 1. The van der Waals surface area contributed by atoms with Gasteiger partial charge in [0, 0.05) is 6.54 Å². The lowest BCUT2D eigenvalue weighted by atomic mass is 10.2. The van der Waals surface area contributed by atoms with Crippen LogP contribution in [0, 0.1) is 17.1 Å². The fourth-order valence-electron chi connectivity index (χ4n) is 1.05. The molecule has 1 amide bonds. The molecule has 1 unspecified atom stereocenters. The number of benzene rings is 1. The summed E-state index contributed by atoms with van der Waals surface area (Å²) in [4.78, 5) is 10.6. The fourth-order valence-corrected chi connectivity index (χ4v) is 1.05. The van der Waals surface area contributed by atoms with E-state index in [1.807, 2.05) is 6.07 Å². The molecular weight excluding hydrogens is 211 g/mol. The van der Waals surface area contributed by atoms with E-state index in [4.69, 9.17) is 16.7 Å². The van der Waals surface area contributed by atoms with Crippen molar-refractivity contribution in [3.63, 3.8) is 0 Å². The van der Waals surface area contributed by atoms with E-state index in [-0.39, 0.29) is 17.8 Å². The number of nitrogens with two attached hydrogens (primary N) is 2. The van der Waals surface area contributed by atoms with E-state index in [0.717, 1.165) is 6.07 Å². The predicted octanol–water partition coefficient (Wildman–Crippen LogP) is -0.0781. The van der Waals surface area contributed by atoms with Crippen LogP contribution in [0.4, 0.5) is 10.1 Å². The second-order valence-corrected chi connectivity index (χ2v) is 3.20. The van der Waals surface area contributed by atoms with Crippen molar-refractivity contribution in [3.8, 4) is 6.07 Å². The summed E-state index contributed by atoms with van der Waals surface area (Å²) in [5.41, 5.74) is 10.7. The van der Waals surface area contributed by atoms with Crippen LogP contribution in [-0.2, 0) is 4.79 Å². The lowest BCUT2D eigenvalue weighted by Crippen LogP contribution is -2.41. The number of carbonyl (C=O) groups is 1. The molecule has 1 rings (SSSR count). The molecule has 6 heteroatoms. The molecule has 84 valence electrons. The van der Waals surface area contributed by atoms with Gasteiger partial charge in [0.25, 0.3) is 0 Å². The van der Waals surface area contributed by atoms with Gasteiger partial charge in [-0.1, -0.05) is 0 Å². The Balaban J connectivity index is 2.69. The highest BCUT2D eigenvalue weighted by Crippen LogP contribution is 2.14. The summed E-state index contributed by atoms with van der Waals surface area (Å²) in [6.07, 6.45) is 0. The maximum atomic E-state index is 13.3. The van der Waals surface area contributed by atoms with Crippen LogP contribution in [0.5, 0.6) is 0 Å². The van der Waals surface area contributed by atoms with Crippen molar-refractivity contribution in [2.45, 2.75) is 6.04 Å². The zero-order valence-corrected chi connectivity index (χ0v) is 8.40. The van der Waals surface area contributed by atoms with E-state index >= 15 is 0 Å². The fraction of sp³-hybridized carbons (Fsp3) is 0.200. The van der Waals surface area contributed by atoms with Crippen LogP contribution in [-0.4, -0.2) is 18.5 Å². The number of nitrogens with zero attached hydrogens (tertiary/aromatic N) is 1. The third-order valence-electron chi connectivity index (χ3n) is 1.98. The Hall–Kier alpha value is -2.13. The number of anilines is 1. The first-order chi connectivity index (χ1) is 7.54. The highest BCUT2D eigenvalue weighted by Gasteiger charge is 2.10. The van der Waals surface area contributed by atoms with Crippen molar-refractivity contribution in [2.75, 3.05) is 11.9 Å². The second kappa shape index (κ2) is 5.09. The van der Waals surface area contributed by atoms with Crippen LogP contribution in [0.1, 0.15) is 5.56 Å². The van der Waals surface area contributed by atoms with Gasteiger partial charge < -0.3 is 16.8 Å². The first kappa shape index (κ1) is 11.9. The molecule has 0 spiro atoms. The molecule has 0 heterocycles. The molecule has 0 aliphatic rings. The molecule has 0 radical (unpaired) electrons. The van der Waals surface area contributed by atoms with Gasteiger partial charge in [-0.25, -0.2) is 4.39 Å². The average molecular weight is 222 g/mol. The van der Waals surface area contributed by atoms with E-state index in [1.54, 1.807) is 0 Å². The molecule has 16 heavy (non-hydrogen) atoms. The summed E-state index contributed by atoms with van der Waals surface area (Å²) in [5.74, 6) is -1.24. The van der Waals surface area contributed by atoms with Crippen LogP contribution in [0.25, 0.3) is 0 Å². The number of hydrogen-bond donors (Lipinski definition) is 3. The number of primary amides is 1. The summed E-state index contributed by atoms with van der Waals surface area (Å²) in [7, 11) is 0.